The lowest BCUT2D eigenvalue weighted by atomic mass is 10.4. The third-order valence-corrected chi connectivity index (χ3v) is 6.02. The molecule has 1 heterocycles. The topological polar surface area (TPSA) is 49.4 Å². The van der Waals surface area contributed by atoms with Crippen LogP contribution in [-0.2, 0) is 16.6 Å². The van der Waals surface area contributed by atoms with E-state index in [0.29, 0.717) is 24.0 Å². The first-order valence-electron chi connectivity index (χ1n) is 6.73. The van der Waals surface area contributed by atoms with Gasteiger partial charge in [-0.15, -0.1) is 17.9 Å². The molecule has 0 unspecified atom stereocenters. The van der Waals surface area contributed by atoms with Gasteiger partial charge in [0.05, 0.1) is 4.90 Å². The summed E-state index contributed by atoms with van der Waals surface area (Å²) in [5.74, 6) is 0. The number of nitrogens with one attached hydrogen (secondary N) is 1. The molecule has 1 rings (SSSR count). The van der Waals surface area contributed by atoms with Gasteiger partial charge in [0.2, 0.25) is 10.0 Å². The van der Waals surface area contributed by atoms with Crippen molar-refractivity contribution >= 4 is 21.4 Å². The lowest BCUT2D eigenvalue weighted by molar-refractivity contribution is 0.382. The quantitative estimate of drug-likeness (QED) is 0.750. The van der Waals surface area contributed by atoms with Crippen LogP contribution in [0.25, 0.3) is 0 Å². The Hall–Kier alpha value is -0.690. The molecule has 1 aromatic heterocycles. The summed E-state index contributed by atoms with van der Waals surface area (Å²) in [6, 6.07) is 1.92. The number of rotatable bonds is 8. The molecule has 0 aliphatic carbocycles. The summed E-state index contributed by atoms with van der Waals surface area (Å²) in [6.45, 7) is 12.4. The summed E-state index contributed by atoms with van der Waals surface area (Å²) in [6.07, 6.45) is 1.62. The van der Waals surface area contributed by atoms with Crippen LogP contribution in [0.4, 0.5) is 0 Å². The van der Waals surface area contributed by atoms with Crippen molar-refractivity contribution in [2.75, 3.05) is 6.54 Å². The average molecular weight is 316 g/mol. The molecule has 20 heavy (non-hydrogen) atoms. The predicted molar refractivity (Wildman–Crippen MR) is 85.5 cm³/mol. The number of hydrogen-bond acceptors (Lipinski definition) is 4. The molecule has 0 bridgehead atoms. The molecular formula is C14H24N2O2S2. The molecular weight excluding hydrogens is 292 g/mol. The molecule has 0 amide bonds. The molecule has 1 aromatic rings. The predicted octanol–water partition coefficient (Wildman–Crippen LogP) is 2.83. The molecule has 4 nitrogen and oxygen atoms in total. The van der Waals surface area contributed by atoms with Crippen LogP contribution in [0.5, 0.6) is 0 Å². The maximum absolute atomic E-state index is 12.7. The van der Waals surface area contributed by atoms with Crippen LogP contribution in [0, 0.1) is 0 Å². The molecule has 1 N–H and O–H groups in total. The zero-order valence-corrected chi connectivity index (χ0v) is 14.2. The Labute approximate surface area is 126 Å². The van der Waals surface area contributed by atoms with Gasteiger partial charge in [-0.25, -0.2) is 8.42 Å². The van der Waals surface area contributed by atoms with Crippen LogP contribution in [0.2, 0.25) is 0 Å². The average Bonchev–Trinajstić information content (AvgIpc) is 2.81. The first-order valence-corrected chi connectivity index (χ1v) is 9.05. The lowest BCUT2D eigenvalue weighted by Gasteiger charge is -2.24. The van der Waals surface area contributed by atoms with Crippen LogP contribution < -0.4 is 5.32 Å². The molecule has 114 valence electrons. The molecule has 0 radical (unpaired) electrons. The third-order valence-electron chi connectivity index (χ3n) is 2.85. The van der Waals surface area contributed by atoms with Crippen LogP contribution in [0.1, 0.15) is 32.6 Å². The van der Waals surface area contributed by atoms with Crippen molar-refractivity contribution in [2.45, 2.75) is 51.2 Å². The van der Waals surface area contributed by atoms with Crippen molar-refractivity contribution < 1.29 is 8.42 Å². The van der Waals surface area contributed by atoms with Gasteiger partial charge in [-0.2, -0.15) is 4.31 Å². The second-order valence-electron chi connectivity index (χ2n) is 5.20. The van der Waals surface area contributed by atoms with E-state index in [4.69, 9.17) is 0 Å². The van der Waals surface area contributed by atoms with Crippen molar-refractivity contribution in [3.63, 3.8) is 0 Å². The van der Waals surface area contributed by atoms with Gasteiger partial charge in [0.25, 0.3) is 0 Å². The van der Waals surface area contributed by atoms with E-state index in [1.807, 2.05) is 33.1 Å². The summed E-state index contributed by atoms with van der Waals surface area (Å²) < 4.78 is 27.0. The first kappa shape index (κ1) is 17.4. The third kappa shape index (κ3) is 4.15. The largest absolute Gasteiger partial charge is 0.310 e. The Bertz CT molecular complexity index is 533. The highest BCUT2D eigenvalue weighted by atomic mass is 32.2. The Kier molecular flexibility index (Phi) is 6.39. The zero-order chi connectivity index (χ0) is 15.3. The maximum atomic E-state index is 12.7. The summed E-state index contributed by atoms with van der Waals surface area (Å²) >= 11 is 1.47. The van der Waals surface area contributed by atoms with Crippen molar-refractivity contribution in [1.82, 2.24) is 9.62 Å². The maximum Gasteiger partial charge on any atom is 0.244 e. The molecule has 6 heteroatoms. The highest BCUT2D eigenvalue weighted by Crippen LogP contribution is 2.26. The van der Waals surface area contributed by atoms with Gasteiger partial charge in [0.15, 0.2) is 0 Å². The van der Waals surface area contributed by atoms with Crippen LogP contribution >= 0.6 is 11.3 Å². The number of sulfonamides is 1. The van der Waals surface area contributed by atoms with E-state index in [2.05, 4.69) is 11.9 Å². The van der Waals surface area contributed by atoms with E-state index < -0.39 is 10.0 Å². The van der Waals surface area contributed by atoms with Gasteiger partial charge in [-0.05, 0) is 25.3 Å². The van der Waals surface area contributed by atoms with E-state index in [-0.39, 0.29) is 6.04 Å². The smallest absolute Gasteiger partial charge is 0.244 e. The summed E-state index contributed by atoms with van der Waals surface area (Å²) in [5.41, 5.74) is 0. The Morgan fingerprint density at radius 3 is 2.55 bits per heavy atom. The number of hydrogen-bond donors (Lipinski definition) is 1. The molecule has 0 fully saturated rings. The molecule has 0 aliphatic heterocycles. The normalized spacial score (nSPS) is 12.6. The first-order chi connectivity index (χ1) is 9.30. The standard InChI is InChI=1S/C14H24N2O2S2/c1-6-8-16(12(4)5)20(17,18)14-7-9-19-13(14)10-15-11(2)3/h6-7,9,11-12,15H,1,8,10H2,2-5H3. The van der Waals surface area contributed by atoms with Gasteiger partial charge >= 0.3 is 0 Å². The summed E-state index contributed by atoms with van der Waals surface area (Å²) in [7, 11) is -3.47. The van der Waals surface area contributed by atoms with E-state index in [0.717, 1.165) is 4.88 Å². The number of thiophene rings is 1. The minimum Gasteiger partial charge on any atom is -0.310 e. The molecule has 0 saturated heterocycles. The highest BCUT2D eigenvalue weighted by Gasteiger charge is 2.28. The van der Waals surface area contributed by atoms with Gasteiger partial charge in [-0.1, -0.05) is 19.9 Å². The zero-order valence-electron chi connectivity index (χ0n) is 12.6. The molecule has 0 spiro atoms. The van der Waals surface area contributed by atoms with E-state index in [9.17, 15) is 8.42 Å². The van der Waals surface area contributed by atoms with Gasteiger partial charge in [-0.3, -0.25) is 0 Å². The highest BCUT2D eigenvalue weighted by molar-refractivity contribution is 7.89. The van der Waals surface area contributed by atoms with Gasteiger partial charge < -0.3 is 5.32 Å². The van der Waals surface area contributed by atoms with Crippen molar-refractivity contribution in [1.29, 1.82) is 0 Å². The number of nitrogens with zero attached hydrogens (tertiary/aromatic N) is 1. The molecule has 0 atom stereocenters. The Morgan fingerprint density at radius 1 is 1.40 bits per heavy atom. The second-order valence-corrected chi connectivity index (χ2v) is 8.06. The summed E-state index contributed by atoms with van der Waals surface area (Å²) in [4.78, 5) is 1.26. The Balaban J connectivity index is 3.08. The minimum atomic E-state index is -3.47. The van der Waals surface area contributed by atoms with Crippen molar-refractivity contribution in [3.05, 3.63) is 29.0 Å². The van der Waals surface area contributed by atoms with Crippen LogP contribution in [-0.4, -0.2) is 31.4 Å². The van der Waals surface area contributed by atoms with E-state index in [1.165, 1.54) is 15.6 Å². The lowest BCUT2D eigenvalue weighted by Crippen LogP contribution is -2.37. The molecule has 0 saturated carbocycles. The fraction of sp³-hybridized carbons (Fsp3) is 0.571. The second kappa shape index (κ2) is 7.36. The van der Waals surface area contributed by atoms with Gasteiger partial charge in [0.1, 0.15) is 0 Å². The van der Waals surface area contributed by atoms with E-state index >= 15 is 0 Å². The van der Waals surface area contributed by atoms with Gasteiger partial charge in [0, 0.05) is 30.1 Å². The fourth-order valence-corrected chi connectivity index (χ4v) is 4.80. The van der Waals surface area contributed by atoms with Crippen LogP contribution in [0.15, 0.2) is 29.0 Å². The minimum absolute atomic E-state index is 0.0937. The van der Waals surface area contributed by atoms with Crippen molar-refractivity contribution in [3.8, 4) is 0 Å². The molecule has 0 aliphatic rings. The SMILES string of the molecule is C=CCN(C(C)C)S(=O)(=O)c1ccsc1CNC(C)C. The summed E-state index contributed by atoms with van der Waals surface area (Å²) in [5, 5.41) is 5.10. The van der Waals surface area contributed by atoms with E-state index in [1.54, 1.807) is 12.1 Å². The molecule has 0 aromatic carbocycles. The Morgan fingerprint density at radius 2 is 2.05 bits per heavy atom. The van der Waals surface area contributed by atoms with Crippen molar-refractivity contribution in [2.24, 2.45) is 0 Å². The monoisotopic (exact) mass is 316 g/mol. The van der Waals surface area contributed by atoms with Crippen LogP contribution in [0.3, 0.4) is 0 Å². The fourth-order valence-electron chi connectivity index (χ4n) is 1.82.